The first-order valence-electron chi connectivity index (χ1n) is 8.60. The van der Waals surface area contributed by atoms with Crippen molar-refractivity contribution in [1.29, 1.82) is 0 Å². The number of benzene rings is 3. The van der Waals surface area contributed by atoms with E-state index in [1.807, 2.05) is 13.8 Å². The summed E-state index contributed by atoms with van der Waals surface area (Å²) in [6.07, 6.45) is 0. The number of carbonyl (C=O) groups is 2. The van der Waals surface area contributed by atoms with Gasteiger partial charge in [0, 0.05) is 32.5 Å². The van der Waals surface area contributed by atoms with Gasteiger partial charge in [0.15, 0.2) is 0 Å². The lowest BCUT2D eigenvalue weighted by molar-refractivity contribution is 0.101. The Kier molecular flexibility index (Phi) is 6.02. The van der Waals surface area contributed by atoms with E-state index >= 15 is 0 Å². The predicted octanol–water partition coefficient (Wildman–Crippen LogP) is 6.11. The molecule has 2 amide bonds. The molecule has 0 bridgehead atoms. The molecule has 0 heterocycles. The molecule has 0 atom stereocenters. The first-order chi connectivity index (χ1) is 13.4. The van der Waals surface area contributed by atoms with Crippen molar-refractivity contribution in [2.24, 2.45) is 0 Å². The van der Waals surface area contributed by atoms with E-state index in [9.17, 15) is 9.59 Å². The summed E-state index contributed by atoms with van der Waals surface area (Å²) >= 11 is 12.2. The zero-order chi connectivity index (χ0) is 20.3. The van der Waals surface area contributed by atoms with Crippen LogP contribution in [-0.4, -0.2) is 11.8 Å². The van der Waals surface area contributed by atoms with Crippen LogP contribution in [0.2, 0.25) is 10.0 Å². The highest BCUT2D eigenvalue weighted by molar-refractivity contribution is 6.32. The fraction of sp³-hybridized carbons (Fsp3) is 0.0909. The number of hydrogen-bond donors (Lipinski definition) is 2. The van der Waals surface area contributed by atoms with Gasteiger partial charge in [-0.3, -0.25) is 9.59 Å². The van der Waals surface area contributed by atoms with Gasteiger partial charge in [0.05, 0.1) is 0 Å². The van der Waals surface area contributed by atoms with Crippen LogP contribution >= 0.6 is 23.2 Å². The lowest BCUT2D eigenvalue weighted by Crippen LogP contribution is -2.15. The Bertz CT molecular complexity index is 962. The smallest absolute Gasteiger partial charge is 0.255 e. The van der Waals surface area contributed by atoms with Crippen LogP contribution in [0.3, 0.4) is 0 Å². The van der Waals surface area contributed by atoms with Gasteiger partial charge in [0.25, 0.3) is 11.8 Å². The summed E-state index contributed by atoms with van der Waals surface area (Å²) < 4.78 is 0. The van der Waals surface area contributed by atoms with Crippen molar-refractivity contribution in [3.63, 3.8) is 0 Å². The monoisotopic (exact) mass is 412 g/mol. The highest BCUT2D eigenvalue weighted by Crippen LogP contribution is 2.24. The predicted molar refractivity (Wildman–Crippen MR) is 115 cm³/mol. The van der Waals surface area contributed by atoms with E-state index in [1.54, 1.807) is 60.7 Å². The number of hydrogen-bond acceptors (Lipinski definition) is 2. The third kappa shape index (κ3) is 4.35. The highest BCUT2D eigenvalue weighted by Gasteiger charge is 2.12. The number of halogens is 2. The van der Waals surface area contributed by atoms with Crippen LogP contribution in [0.15, 0.2) is 60.7 Å². The maximum absolute atomic E-state index is 12.5. The lowest BCUT2D eigenvalue weighted by atomic mass is 10.1. The Balaban J connectivity index is 1.72. The normalized spacial score (nSPS) is 10.4. The molecule has 28 heavy (non-hydrogen) atoms. The molecule has 0 aliphatic carbocycles. The molecule has 6 heteroatoms. The van der Waals surface area contributed by atoms with Crippen LogP contribution in [-0.2, 0) is 0 Å². The summed E-state index contributed by atoms with van der Waals surface area (Å²) in [6.45, 7) is 3.67. The molecule has 142 valence electrons. The molecule has 0 spiro atoms. The zero-order valence-corrected chi connectivity index (χ0v) is 16.9. The van der Waals surface area contributed by atoms with Crippen LogP contribution in [0.5, 0.6) is 0 Å². The van der Waals surface area contributed by atoms with Gasteiger partial charge in [-0.1, -0.05) is 35.3 Å². The van der Waals surface area contributed by atoms with E-state index in [0.717, 1.165) is 11.1 Å². The number of anilines is 2. The van der Waals surface area contributed by atoms with Gasteiger partial charge in [0.2, 0.25) is 0 Å². The first-order valence-corrected chi connectivity index (χ1v) is 9.35. The molecule has 0 radical (unpaired) electrons. The molecule has 3 aromatic carbocycles. The lowest BCUT2D eigenvalue weighted by Gasteiger charge is -2.11. The summed E-state index contributed by atoms with van der Waals surface area (Å²) in [6, 6.07) is 17.1. The molecule has 3 rings (SSSR count). The topological polar surface area (TPSA) is 58.2 Å². The molecule has 2 N–H and O–H groups in total. The van der Waals surface area contributed by atoms with Crippen molar-refractivity contribution >= 4 is 46.4 Å². The van der Waals surface area contributed by atoms with Crippen molar-refractivity contribution in [1.82, 2.24) is 0 Å². The van der Waals surface area contributed by atoms with Crippen LogP contribution < -0.4 is 10.6 Å². The molecule has 0 aliphatic rings. The summed E-state index contributed by atoms with van der Waals surface area (Å²) in [5, 5.41) is 6.83. The number of nitrogens with one attached hydrogen (secondary N) is 2. The molecular weight excluding hydrogens is 395 g/mol. The van der Waals surface area contributed by atoms with Crippen molar-refractivity contribution in [3.05, 3.63) is 93.0 Å². The van der Waals surface area contributed by atoms with Gasteiger partial charge in [-0.2, -0.15) is 0 Å². The van der Waals surface area contributed by atoms with Crippen molar-refractivity contribution in [2.45, 2.75) is 13.8 Å². The SMILES string of the molecule is Cc1c(Cl)cccc1NC(=O)c1ccc(C(=O)Nc2cccc(Cl)c2C)cc1. The Labute approximate surface area is 173 Å². The molecule has 0 fully saturated rings. The standard InChI is InChI=1S/C22H18Cl2N2O2/c1-13-17(23)5-3-7-19(13)25-21(27)15-9-11-16(12-10-15)22(28)26-20-8-4-6-18(24)14(20)2/h3-12H,1-2H3,(H,25,27)(H,26,28). The van der Waals surface area contributed by atoms with E-state index < -0.39 is 0 Å². The Hall–Kier alpha value is -2.82. The first kappa shape index (κ1) is 19.9. The minimum absolute atomic E-state index is 0.275. The third-order valence-electron chi connectivity index (χ3n) is 4.44. The van der Waals surface area contributed by atoms with E-state index in [-0.39, 0.29) is 11.8 Å². The van der Waals surface area contributed by atoms with Gasteiger partial charge in [-0.25, -0.2) is 0 Å². The Morgan fingerprint density at radius 1 is 0.643 bits per heavy atom. The van der Waals surface area contributed by atoms with E-state index in [1.165, 1.54) is 0 Å². The van der Waals surface area contributed by atoms with Crippen LogP contribution in [0, 0.1) is 13.8 Å². The zero-order valence-electron chi connectivity index (χ0n) is 15.3. The molecule has 0 saturated carbocycles. The summed E-state index contributed by atoms with van der Waals surface area (Å²) in [5.41, 5.74) is 3.77. The summed E-state index contributed by atoms with van der Waals surface area (Å²) in [7, 11) is 0. The van der Waals surface area contributed by atoms with Crippen molar-refractivity contribution in [3.8, 4) is 0 Å². The fourth-order valence-electron chi connectivity index (χ4n) is 2.65. The molecule has 0 aromatic heterocycles. The molecule has 0 aliphatic heterocycles. The van der Waals surface area contributed by atoms with Gasteiger partial charge >= 0.3 is 0 Å². The average molecular weight is 413 g/mol. The number of amides is 2. The van der Waals surface area contributed by atoms with Crippen LogP contribution in [0.4, 0.5) is 11.4 Å². The van der Waals surface area contributed by atoms with E-state index in [0.29, 0.717) is 32.5 Å². The van der Waals surface area contributed by atoms with E-state index in [4.69, 9.17) is 23.2 Å². The second-order valence-corrected chi connectivity index (χ2v) is 7.12. The van der Waals surface area contributed by atoms with Gasteiger partial charge in [-0.15, -0.1) is 0 Å². The Morgan fingerprint density at radius 2 is 1.00 bits per heavy atom. The number of rotatable bonds is 4. The molecular formula is C22H18Cl2N2O2. The van der Waals surface area contributed by atoms with E-state index in [2.05, 4.69) is 10.6 Å². The largest absolute Gasteiger partial charge is 0.322 e. The second-order valence-electron chi connectivity index (χ2n) is 6.31. The maximum Gasteiger partial charge on any atom is 0.255 e. The van der Waals surface area contributed by atoms with Crippen LogP contribution in [0.25, 0.3) is 0 Å². The van der Waals surface area contributed by atoms with Gasteiger partial charge in [-0.05, 0) is 73.5 Å². The number of carbonyl (C=O) groups excluding carboxylic acids is 2. The van der Waals surface area contributed by atoms with Crippen molar-refractivity contribution in [2.75, 3.05) is 10.6 Å². The minimum atomic E-state index is -0.275. The highest BCUT2D eigenvalue weighted by atomic mass is 35.5. The molecule has 4 nitrogen and oxygen atoms in total. The van der Waals surface area contributed by atoms with Gasteiger partial charge < -0.3 is 10.6 Å². The molecule has 0 saturated heterocycles. The third-order valence-corrected chi connectivity index (χ3v) is 5.26. The minimum Gasteiger partial charge on any atom is -0.322 e. The average Bonchev–Trinajstić information content (AvgIpc) is 2.69. The van der Waals surface area contributed by atoms with Crippen molar-refractivity contribution < 1.29 is 9.59 Å². The van der Waals surface area contributed by atoms with Gasteiger partial charge in [0.1, 0.15) is 0 Å². The second kappa shape index (κ2) is 8.46. The quantitative estimate of drug-likeness (QED) is 0.542. The maximum atomic E-state index is 12.5. The molecule has 3 aromatic rings. The Morgan fingerprint density at radius 3 is 1.36 bits per heavy atom. The van der Waals surface area contributed by atoms with Crippen LogP contribution in [0.1, 0.15) is 31.8 Å². The molecule has 0 unspecified atom stereocenters. The summed E-state index contributed by atoms with van der Waals surface area (Å²) in [4.78, 5) is 24.9. The summed E-state index contributed by atoms with van der Waals surface area (Å²) in [5.74, 6) is -0.550. The fourth-order valence-corrected chi connectivity index (χ4v) is 3.00.